The molecule has 0 unspecified atom stereocenters. The fourth-order valence-corrected chi connectivity index (χ4v) is 3.49. The van der Waals surface area contributed by atoms with Gasteiger partial charge in [-0.3, -0.25) is 9.59 Å². The summed E-state index contributed by atoms with van der Waals surface area (Å²) >= 11 is 0. The van der Waals surface area contributed by atoms with Crippen molar-refractivity contribution in [2.45, 2.75) is 40.5 Å². The van der Waals surface area contributed by atoms with Gasteiger partial charge in [-0.05, 0) is 69.0 Å². The molecule has 0 saturated heterocycles. The van der Waals surface area contributed by atoms with Crippen LogP contribution in [0, 0.1) is 27.7 Å². The van der Waals surface area contributed by atoms with Crippen molar-refractivity contribution in [3.05, 3.63) is 88.2 Å². The Morgan fingerprint density at radius 1 is 0.897 bits per heavy atom. The van der Waals surface area contributed by atoms with Gasteiger partial charge >= 0.3 is 5.97 Å². The third-order valence-corrected chi connectivity index (χ3v) is 5.31. The van der Waals surface area contributed by atoms with E-state index < -0.39 is 0 Å². The SMILES string of the molecule is Cc1ccc(-n2c(C)cc(C(=O)COC(=O)CCc3ccccc3)c2C)cc1C. The normalized spacial score (nSPS) is 10.8. The van der Waals surface area contributed by atoms with Crippen LogP contribution >= 0.6 is 0 Å². The average molecular weight is 389 g/mol. The third kappa shape index (κ3) is 4.83. The van der Waals surface area contributed by atoms with Crippen LogP contribution in [0.25, 0.3) is 5.69 Å². The Kier molecular flexibility index (Phi) is 6.32. The first kappa shape index (κ1) is 20.6. The van der Waals surface area contributed by atoms with Gasteiger partial charge < -0.3 is 9.30 Å². The third-order valence-electron chi connectivity index (χ3n) is 5.31. The minimum absolute atomic E-state index is 0.179. The second kappa shape index (κ2) is 8.91. The first-order valence-corrected chi connectivity index (χ1v) is 9.86. The van der Waals surface area contributed by atoms with Gasteiger partial charge in [0.05, 0.1) is 0 Å². The molecule has 0 radical (unpaired) electrons. The van der Waals surface area contributed by atoms with Crippen molar-refractivity contribution in [1.82, 2.24) is 4.57 Å². The van der Waals surface area contributed by atoms with Crippen LogP contribution in [0.4, 0.5) is 0 Å². The topological polar surface area (TPSA) is 48.3 Å². The molecular weight excluding hydrogens is 362 g/mol. The van der Waals surface area contributed by atoms with Gasteiger partial charge in [0.1, 0.15) is 0 Å². The zero-order valence-electron chi connectivity index (χ0n) is 17.5. The van der Waals surface area contributed by atoms with Crippen molar-refractivity contribution in [3.8, 4) is 5.69 Å². The number of carbonyl (C=O) groups excluding carboxylic acids is 2. The van der Waals surface area contributed by atoms with Gasteiger partial charge in [0, 0.05) is 29.1 Å². The lowest BCUT2D eigenvalue weighted by Gasteiger charge is -2.12. The van der Waals surface area contributed by atoms with E-state index in [9.17, 15) is 9.59 Å². The van der Waals surface area contributed by atoms with Crippen molar-refractivity contribution in [1.29, 1.82) is 0 Å². The molecule has 0 aliphatic rings. The fraction of sp³-hybridized carbons (Fsp3) is 0.280. The first-order valence-electron chi connectivity index (χ1n) is 9.86. The molecule has 150 valence electrons. The number of aromatic nitrogens is 1. The molecule has 0 spiro atoms. The Bertz CT molecular complexity index is 1030. The maximum atomic E-state index is 12.7. The zero-order chi connectivity index (χ0) is 21.0. The van der Waals surface area contributed by atoms with Gasteiger partial charge in [-0.1, -0.05) is 36.4 Å². The molecule has 29 heavy (non-hydrogen) atoms. The molecule has 0 atom stereocenters. The predicted molar refractivity (Wildman–Crippen MR) is 115 cm³/mol. The van der Waals surface area contributed by atoms with Gasteiger partial charge in [-0.25, -0.2) is 0 Å². The van der Waals surface area contributed by atoms with Crippen LogP contribution in [-0.4, -0.2) is 22.9 Å². The summed E-state index contributed by atoms with van der Waals surface area (Å²) in [7, 11) is 0. The van der Waals surface area contributed by atoms with E-state index in [0.717, 1.165) is 22.6 Å². The number of rotatable bonds is 7. The minimum atomic E-state index is -0.356. The molecule has 3 rings (SSSR count). The maximum absolute atomic E-state index is 12.7. The van der Waals surface area contributed by atoms with Crippen LogP contribution in [0.2, 0.25) is 0 Å². The van der Waals surface area contributed by atoms with E-state index in [4.69, 9.17) is 4.74 Å². The summed E-state index contributed by atoms with van der Waals surface area (Å²) in [6, 6.07) is 17.9. The van der Waals surface area contributed by atoms with Crippen LogP contribution in [0.3, 0.4) is 0 Å². The molecule has 0 amide bonds. The Morgan fingerprint density at radius 2 is 1.62 bits per heavy atom. The number of ether oxygens (including phenoxy) is 1. The molecule has 0 fully saturated rings. The highest BCUT2D eigenvalue weighted by Gasteiger charge is 2.18. The summed E-state index contributed by atoms with van der Waals surface area (Å²) < 4.78 is 7.29. The quantitative estimate of drug-likeness (QED) is 0.419. The van der Waals surface area contributed by atoms with Crippen LogP contribution in [0.5, 0.6) is 0 Å². The van der Waals surface area contributed by atoms with Crippen LogP contribution in [0.1, 0.15) is 44.9 Å². The molecule has 4 heteroatoms. The van der Waals surface area contributed by atoms with Crippen molar-refractivity contribution >= 4 is 11.8 Å². The van der Waals surface area contributed by atoms with E-state index in [0.29, 0.717) is 12.0 Å². The molecule has 2 aromatic carbocycles. The number of hydrogen-bond donors (Lipinski definition) is 0. The highest BCUT2D eigenvalue weighted by Crippen LogP contribution is 2.23. The maximum Gasteiger partial charge on any atom is 0.306 e. The Hall–Kier alpha value is -3.14. The number of carbonyl (C=O) groups is 2. The summed E-state index contributed by atoms with van der Waals surface area (Å²) in [4.78, 5) is 24.7. The fourth-order valence-electron chi connectivity index (χ4n) is 3.49. The standard InChI is InChI=1S/C25H27NO3/c1-17-10-12-22(14-18(17)2)26-19(3)15-23(20(26)4)24(27)16-29-25(28)13-11-21-8-6-5-7-9-21/h5-10,12,14-15H,11,13,16H2,1-4H3. The van der Waals surface area contributed by atoms with Crippen LogP contribution in [0.15, 0.2) is 54.6 Å². The van der Waals surface area contributed by atoms with Crippen molar-refractivity contribution in [2.75, 3.05) is 6.61 Å². The summed E-state index contributed by atoms with van der Waals surface area (Å²) in [5.74, 6) is -0.536. The highest BCUT2D eigenvalue weighted by molar-refractivity contribution is 5.99. The van der Waals surface area contributed by atoms with Crippen LogP contribution in [-0.2, 0) is 16.0 Å². The van der Waals surface area contributed by atoms with Crippen molar-refractivity contribution in [2.24, 2.45) is 0 Å². The van der Waals surface area contributed by atoms with Gasteiger partial charge in [0.2, 0.25) is 5.78 Å². The van der Waals surface area contributed by atoms with Crippen molar-refractivity contribution in [3.63, 3.8) is 0 Å². The molecule has 0 N–H and O–H groups in total. The van der Waals surface area contributed by atoms with E-state index in [2.05, 4.69) is 36.6 Å². The molecule has 0 saturated carbocycles. The molecule has 0 bridgehead atoms. The van der Waals surface area contributed by atoms with Gasteiger partial charge in [-0.15, -0.1) is 0 Å². The molecule has 4 nitrogen and oxygen atoms in total. The Morgan fingerprint density at radius 3 is 2.31 bits per heavy atom. The molecule has 3 aromatic rings. The molecule has 1 heterocycles. The number of ketones is 1. The number of esters is 1. The summed E-state index contributed by atoms with van der Waals surface area (Å²) in [6.45, 7) is 7.83. The molecular formula is C25H27NO3. The number of Topliss-reactive ketones (excluding diaryl/α,β-unsaturated/α-hetero) is 1. The minimum Gasteiger partial charge on any atom is -0.457 e. The summed E-state index contributed by atoms with van der Waals surface area (Å²) in [5, 5.41) is 0. The first-order chi connectivity index (χ1) is 13.9. The Balaban J connectivity index is 1.65. The highest BCUT2D eigenvalue weighted by atomic mass is 16.5. The predicted octanol–water partition coefficient (Wildman–Crippen LogP) is 5.07. The number of nitrogens with zero attached hydrogens (tertiary/aromatic N) is 1. The van der Waals surface area contributed by atoms with Crippen molar-refractivity contribution < 1.29 is 14.3 Å². The number of hydrogen-bond acceptors (Lipinski definition) is 3. The lowest BCUT2D eigenvalue weighted by molar-refractivity contribution is -0.142. The monoisotopic (exact) mass is 389 g/mol. The number of aryl methyl sites for hydroxylation is 4. The second-order valence-corrected chi connectivity index (χ2v) is 7.46. The molecule has 1 aromatic heterocycles. The van der Waals surface area contributed by atoms with Gasteiger partial charge in [0.15, 0.2) is 6.61 Å². The lowest BCUT2D eigenvalue weighted by Crippen LogP contribution is -2.15. The van der Waals surface area contributed by atoms with E-state index in [1.807, 2.05) is 50.2 Å². The van der Waals surface area contributed by atoms with E-state index in [-0.39, 0.29) is 24.8 Å². The van der Waals surface area contributed by atoms with Crippen LogP contribution < -0.4 is 0 Å². The number of benzene rings is 2. The molecule has 0 aliphatic heterocycles. The summed E-state index contributed by atoms with van der Waals surface area (Å²) in [6.07, 6.45) is 0.869. The van der Waals surface area contributed by atoms with Gasteiger partial charge in [-0.2, -0.15) is 0 Å². The largest absolute Gasteiger partial charge is 0.457 e. The smallest absolute Gasteiger partial charge is 0.306 e. The summed E-state index contributed by atoms with van der Waals surface area (Å²) in [5.41, 5.74) is 6.97. The lowest BCUT2D eigenvalue weighted by atomic mass is 10.1. The van der Waals surface area contributed by atoms with E-state index in [1.165, 1.54) is 11.1 Å². The van der Waals surface area contributed by atoms with E-state index >= 15 is 0 Å². The van der Waals surface area contributed by atoms with E-state index in [1.54, 1.807) is 0 Å². The molecule has 0 aliphatic carbocycles. The zero-order valence-corrected chi connectivity index (χ0v) is 17.5. The second-order valence-electron chi connectivity index (χ2n) is 7.46. The van der Waals surface area contributed by atoms with Gasteiger partial charge in [0.25, 0.3) is 0 Å². The average Bonchev–Trinajstić information content (AvgIpc) is 3.01. The Labute approximate surface area is 172 Å².